The molecular weight excluding hydrogens is 407 g/mol. The predicted molar refractivity (Wildman–Crippen MR) is 121 cm³/mol. The van der Waals surface area contributed by atoms with Gasteiger partial charge in [0.1, 0.15) is 18.0 Å². The third-order valence-electron chi connectivity index (χ3n) is 7.31. The molecule has 2 aromatic heterocycles. The highest BCUT2D eigenvalue weighted by atomic mass is 19.1. The van der Waals surface area contributed by atoms with Crippen LogP contribution >= 0.6 is 0 Å². The lowest BCUT2D eigenvalue weighted by molar-refractivity contribution is -0.152. The Bertz CT molecular complexity index is 1200. The number of nitrogens with one attached hydrogen (secondary N) is 1. The minimum absolute atomic E-state index is 0.0448. The monoisotopic (exact) mass is 436 g/mol. The normalized spacial score (nSPS) is 23.8. The summed E-state index contributed by atoms with van der Waals surface area (Å²) in [6, 6.07) is 6.92. The summed E-state index contributed by atoms with van der Waals surface area (Å²) in [6.45, 7) is 10.8. The predicted octanol–water partition coefficient (Wildman–Crippen LogP) is 3.25. The van der Waals surface area contributed by atoms with Gasteiger partial charge < -0.3 is 10.2 Å². The maximum Gasteiger partial charge on any atom is 0.228 e. The molecule has 0 bridgehead atoms. The van der Waals surface area contributed by atoms with Crippen LogP contribution in [0.5, 0.6) is 0 Å². The fraction of sp³-hybridized carbons (Fsp3) is 0.500. The Morgan fingerprint density at radius 2 is 2.09 bits per heavy atom. The van der Waals surface area contributed by atoms with E-state index in [-0.39, 0.29) is 23.1 Å². The third-order valence-corrected chi connectivity index (χ3v) is 7.31. The van der Waals surface area contributed by atoms with E-state index >= 15 is 0 Å². The van der Waals surface area contributed by atoms with Gasteiger partial charge in [0.25, 0.3) is 0 Å². The molecule has 1 N–H and O–H groups in total. The van der Waals surface area contributed by atoms with Gasteiger partial charge in [0, 0.05) is 25.3 Å². The summed E-state index contributed by atoms with van der Waals surface area (Å²) >= 11 is 0. The first-order valence-electron chi connectivity index (χ1n) is 11.1. The molecule has 7 nitrogen and oxygen atoms in total. The van der Waals surface area contributed by atoms with Crippen LogP contribution in [0.2, 0.25) is 0 Å². The maximum absolute atomic E-state index is 14.7. The summed E-state index contributed by atoms with van der Waals surface area (Å²) in [5.74, 6) is 0.498. The highest BCUT2D eigenvalue weighted by Gasteiger charge is 2.66. The van der Waals surface area contributed by atoms with Gasteiger partial charge in [-0.2, -0.15) is 5.10 Å². The smallest absolute Gasteiger partial charge is 0.228 e. The summed E-state index contributed by atoms with van der Waals surface area (Å²) in [5, 5.41) is 8.05. The molecule has 2 atom stereocenters. The Morgan fingerprint density at radius 1 is 1.28 bits per heavy atom. The second-order valence-electron chi connectivity index (χ2n) is 9.99. The van der Waals surface area contributed by atoms with Gasteiger partial charge in [-0.3, -0.25) is 9.48 Å². The summed E-state index contributed by atoms with van der Waals surface area (Å²) in [7, 11) is 0. The topological polar surface area (TPSA) is 75.9 Å². The van der Waals surface area contributed by atoms with Gasteiger partial charge in [0.15, 0.2) is 0 Å². The number of aryl methyl sites for hydroxylation is 2. The molecule has 0 spiro atoms. The van der Waals surface area contributed by atoms with E-state index in [0.717, 1.165) is 17.8 Å². The van der Waals surface area contributed by atoms with Crippen molar-refractivity contribution in [3.8, 4) is 0 Å². The molecule has 1 saturated heterocycles. The zero-order valence-electron chi connectivity index (χ0n) is 19.0. The van der Waals surface area contributed by atoms with E-state index in [1.54, 1.807) is 12.1 Å². The number of hydrogen-bond acceptors (Lipinski definition) is 5. The van der Waals surface area contributed by atoms with Gasteiger partial charge in [-0.1, -0.05) is 19.9 Å². The number of nitrogens with zero attached hydrogens (tertiary/aromatic N) is 5. The molecule has 8 heteroatoms. The van der Waals surface area contributed by atoms with Crippen LogP contribution in [-0.4, -0.2) is 45.3 Å². The first kappa shape index (κ1) is 20.8. The van der Waals surface area contributed by atoms with Crippen molar-refractivity contribution in [3.63, 3.8) is 0 Å². The molecular formula is C24H29FN6O. The number of anilines is 1. The zero-order valence-corrected chi connectivity index (χ0v) is 19.0. The molecule has 3 heterocycles. The molecule has 2 aliphatic rings. The second-order valence-corrected chi connectivity index (χ2v) is 9.99. The molecule has 0 unspecified atom stereocenters. The van der Waals surface area contributed by atoms with Gasteiger partial charge in [0.2, 0.25) is 5.91 Å². The first-order chi connectivity index (χ1) is 15.2. The van der Waals surface area contributed by atoms with E-state index in [2.05, 4.69) is 39.1 Å². The number of carbonyl (C=O) groups is 1. The number of amides is 1. The molecule has 1 amide bonds. The second kappa shape index (κ2) is 7.25. The SMILES string of the molecule is Cc1cc(C)n(CCNC(=O)[C@@]23CN(c4ncnc5cccc(F)c45)C[C@@H]2C(C)(C)C3)n1. The van der Waals surface area contributed by atoms with E-state index in [1.165, 1.54) is 12.4 Å². The van der Waals surface area contributed by atoms with Crippen molar-refractivity contribution in [1.29, 1.82) is 0 Å². The Morgan fingerprint density at radius 3 is 2.81 bits per heavy atom. The van der Waals surface area contributed by atoms with Crippen molar-refractivity contribution in [2.45, 2.75) is 40.7 Å². The van der Waals surface area contributed by atoms with Gasteiger partial charge in [-0.05, 0) is 49.8 Å². The number of rotatable bonds is 5. The van der Waals surface area contributed by atoms with Crippen LogP contribution in [0.15, 0.2) is 30.6 Å². The maximum atomic E-state index is 14.7. The summed E-state index contributed by atoms with van der Waals surface area (Å²) in [5.41, 5.74) is 2.20. The molecule has 32 heavy (non-hydrogen) atoms. The largest absolute Gasteiger partial charge is 0.354 e. The lowest BCUT2D eigenvalue weighted by atomic mass is 9.47. The van der Waals surface area contributed by atoms with E-state index in [0.29, 0.717) is 42.9 Å². The van der Waals surface area contributed by atoms with Gasteiger partial charge >= 0.3 is 0 Å². The van der Waals surface area contributed by atoms with Crippen molar-refractivity contribution >= 4 is 22.6 Å². The number of hydrogen-bond donors (Lipinski definition) is 1. The minimum atomic E-state index is -0.485. The standard InChI is InChI=1S/C24H29FN6O/c1-15-10-16(2)31(29-15)9-8-26-22(32)24-12-23(3,4)19(24)11-30(13-24)21-20-17(25)6-5-7-18(20)27-14-28-21/h5-7,10,14,19H,8-9,11-13H2,1-4H3,(H,26,32)/t19-,24+/m1/s1. The van der Waals surface area contributed by atoms with Crippen molar-refractivity contribution in [2.75, 3.05) is 24.5 Å². The molecule has 0 radical (unpaired) electrons. The summed E-state index contributed by atoms with van der Waals surface area (Å²) < 4.78 is 16.6. The minimum Gasteiger partial charge on any atom is -0.354 e. The average molecular weight is 437 g/mol. The molecule has 1 aliphatic heterocycles. The van der Waals surface area contributed by atoms with Crippen LogP contribution in [0, 0.1) is 36.4 Å². The van der Waals surface area contributed by atoms with Crippen LogP contribution in [0.4, 0.5) is 10.2 Å². The lowest BCUT2D eigenvalue weighted by Crippen LogP contribution is -2.60. The number of halogens is 1. The fourth-order valence-electron chi connectivity index (χ4n) is 6.01. The van der Waals surface area contributed by atoms with Gasteiger partial charge in [-0.15, -0.1) is 0 Å². The fourth-order valence-corrected chi connectivity index (χ4v) is 6.01. The summed E-state index contributed by atoms with van der Waals surface area (Å²) in [4.78, 5) is 24.2. The summed E-state index contributed by atoms with van der Waals surface area (Å²) in [6.07, 6.45) is 2.28. The molecule has 1 aromatic carbocycles. The number of benzene rings is 1. The van der Waals surface area contributed by atoms with Gasteiger partial charge in [0.05, 0.1) is 28.6 Å². The van der Waals surface area contributed by atoms with E-state index in [9.17, 15) is 9.18 Å². The van der Waals surface area contributed by atoms with Crippen molar-refractivity contribution < 1.29 is 9.18 Å². The molecule has 1 aliphatic carbocycles. The Balaban J connectivity index is 1.37. The van der Waals surface area contributed by atoms with Crippen LogP contribution in [-0.2, 0) is 11.3 Å². The highest BCUT2D eigenvalue weighted by Crippen LogP contribution is 2.63. The van der Waals surface area contributed by atoms with Crippen molar-refractivity contribution in [2.24, 2.45) is 16.7 Å². The van der Waals surface area contributed by atoms with Crippen LogP contribution in [0.3, 0.4) is 0 Å². The van der Waals surface area contributed by atoms with E-state index in [4.69, 9.17) is 0 Å². The number of carbonyl (C=O) groups excluding carboxylic acids is 1. The molecule has 168 valence electrons. The number of fused-ring (bicyclic) bond motifs is 2. The van der Waals surface area contributed by atoms with Crippen LogP contribution in [0.1, 0.15) is 31.7 Å². The molecule has 3 aromatic rings. The molecule has 2 fully saturated rings. The van der Waals surface area contributed by atoms with Crippen molar-refractivity contribution in [3.05, 3.63) is 47.8 Å². The number of aromatic nitrogens is 4. The zero-order chi connectivity index (χ0) is 22.7. The van der Waals surface area contributed by atoms with Crippen LogP contribution in [0.25, 0.3) is 10.9 Å². The first-order valence-corrected chi connectivity index (χ1v) is 11.1. The Hall–Kier alpha value is -3.03. The lowest BCUT2D eigenvalue weighted by Gasteiger charge is -2.55. The van der Waals surface area contributed by atoms with E-state index in [1.807, 2.05) is 24.6 Å². The van der Waals surface area contributed by atoms with E-state index < -0.39 is 5.41 Å². The molecule has 5 rings (SSSR count). The third kappa shape index (κ3) is 3.15. The van der Waals surface area contributed by atoms with Gasteiger partial charge in [-0.25, -0.2) is 14.4 Å². The van der Waals surface area contributed by atoms with Crippen LogP contribution < -0.4 is 10.2 Å². The molecule has 1 saturated carbocycles. The van der Waals surface area contributed by atoms with Crippen molar-refractivity contribution in [1.82, 2.24) is 25.1 Å². The Labute approximate surface area is 187 Å². The average Bonchev–Trinajstić information content (AvgIpc) is 3.25. The Kier molecular flexibility index (Phi) is 4.72. The quantitative estimate of drug-likeness (QED) is 0.665. The highest BCUT2D eigenvalue weighted by molar-refractivity contribution is 5.92.